The Morgan fingerprint density at radius 1 is 1.30 bits per heavy atom. The minimum atomic E-state index is -0.974. The zero-order valence-electron chi connectivity index (χ0n) is 10.5. The Morgan fingerprint density at radius 2 is 2.05 bits per heavy atom. The van der Waals surface area contributed by atoms with Crippen molar-refractivity contribution in [3.8, 4) is 23.0 Å². The zero-order chi connectivity index (χ0) is 14.1. The second kappa shape index (κ2) is 4.61. The van der Waals surface area contributed by atoms with Crippen molar-refractivity contribution in [2.45, 2.75) is 0 Å². The standard InChI is InChI=1S/C13H10N4O3/c1-17-7-14-6-10(17)11-15-12(20-16-11)8-2-4-9(5-3-8)13(18)19/h2-7H,1H3,(H,18,19). The van der Waals surface area contributed by atoms with Gasteiger partial charge < -0.3 is 14.2 Å². The third kappa shape index (κ3) is 2.05. The summed E-state index contributed by atoms with van der Waals surface area (Å²) in [5.74, 6) is -0.210. The van der Waals surface area contributed by atoms with Crippen molar-refractivity contribution in [1.82, 2.24) is 19.7 Å². The van der Waals surface area contributed by atoms with Crippen LogP contribution in [-0.2, 0) is 7.05 Å². The molecule has 0 unspecified atom stereocenters. The Balaban J connectivity index is 1.94. The molecule has 0 aliphatic carbocycles. The van der Waals surface area contributed by atoms with Crippen molar-refractivity contribution in [3.05, 3.63) is 42.4 Å². The van der Waals surface area contributed by atoms with Gasteiger partial charge >= 0.3 is 5.97 Å². The van der Waals surface area contributed by atoms with Gasteiger partial charge in [0.1, 0.15) is 5.69 Å². The number of nitrogens with zero attached hydrogens (tertiary/aromatic N) is 4. The van der Waals surface area contributed by atoms with Crippen LogP contribution in [-0.4, -0.2) is 30.8 Å². The van der Waals surface area contributed by atoms with E-state index in [1.807, 2.05) is 7.05 Å². The van der Waals surface area contributed by atoms with E-state index in [2.05, 4.69) is 15.1 Å². The lowest BCUT2D eigenvalue weighted by Crippen LogP contribution is -1.95. The fraction of sp³-hybridized carbons (Fsp3) is 0.0769. The molecule has 2 aromatic heterocycles. The number of rotatable bonds is 3. The van der Waals surface area contributed by atoms with Crippen LogP contribution >= 0.6 is 0 Å². The van der Waals surface area contributed by atoms with E-state index in [-0.39, 0.29) is 5.56 Å². The molecule has 0 fully saturated rings. The van der Waals surface area contributed by atoms with Crippen molar-refractivity contribution in [2.75, 3.05) is 0 Å². The Labute approximate surface area is 113 Å². The second-order valence-electron chi connectivity index (χ2n) is 4.20. The molecular formula is C13H10N4O3. The van der Waals surface area contributed by atoms with E-state index in [1.165, 1.54) is 12.1 Å². The molecule has 3 aromatic rings. The molecule has 0 amide bonds. The second-order valence-corrected chi connectivity index (χ2v) is 4.20. The number of hydrogen-bond donors (Lipinski definition) is 1. The molecule has 1 N–H and O–H groups in total. The normalized spacial score (nSPS) is 10.7. The van der Waals surface area contributed by atoms with Gasteiger partial charge in [0.2, 0.25) is 5.82 Å². The van der Waals surface area contributed by atoms with Gasteiger partial charge in [0.05, 0.1) is 18.1 Å². The van der Waals surface area contributed by atoms with Crippen LogP contribution in [0.25, 0.3) is 23.0 Å². The first-order valence-electron chi connectivity index (χ1n) is 5.79. The first-order chi connectivity index (χ1) is 9.65. The summed E-state index contributed by atoms with van der Waals surface area (Å²) in [4.78, 5) is 19.0. The number of aromatic carboxylic acids is 1. The van der Waals surface area contributed by atoms with Crippen molar-refractivity contribution in [2.24, 2.45) is 7.05 Å². The van der Waals surface area contributed by atoms with Crippen molar-refractivity contribution in [1.29, 1.82) is 0 Å². The Hall–Kier alpha value is -2.96. The highest BCUT2D eigenvalue weighted by atomic mass is 16.5. The first-order valence-corrected chi connectivity index (χ1v) is 5.79. The number of hydrogen-bond acceptors (Lipinski definition) is 5. The molecule has 0 radical (unpaired) electrons. The summed E-state index contributed by atoms with van der Waals surface area (Å²) < 4.78 is 6.96. The molecule has 2 heterocycles. The highest BCUT2D eigenvalue weighted by Crippen LogP contribution is 2.21. The number of carboxylic acids is 1. The zero-order valence-corrected chi connectivity index (χ0v) is 10.5. The van der Waals surface area contributed by atoms with E-state index in [4.69, 9.17) is 9.63 Å². The van der Waals surface area contributed by atoms with E-state index in [0.29, 0.717) is 17.3 Å². The maximum absolute atomic E-state index is 10.8. The largest absolute Gasteiger partial charge is 0.478 e. The highest BCUT2D eigenvalue weighted by Gasteiger charge is 2.13. The van der Waals surface area contributed by atoms with E-state index in [0.717, 1.165) is 5.69 Å². The van der Waals surface area contributed by atoms with Crippen molar-refractivity contribution < 1.29 is 14.4 Å². The lowest BCUT2D eigenvalue weighted by Gasteiger charge is -1.96. The maximum atomic E-state index is 10.8. The molecule has 0 spiro atoms. The molecule has 0 bridgehead atoms. The minimum Gasteiger partial charge on any atom is -0.478 e. The van der Waals surface area contributed by atoms with Crippen LogP contribution < -0.4 is 0 Å². The van der Waals surface area contributed by atoms with Crippen LogP contribution in [0.4, 0.5) is 0 Å². The predicted molar refractivity (Wildman–Crippen MR) is 68.9 cm³/mol. The van der Waals surface area contributed by atoms with E-state index in [1.54, 1.807) is 29.2 Å². The summed E-state index contributed by atoms with van der Waals surface area (Å²) in [6.45, 7) is 0. The molecule has 0 aliphatic rings. The van der Waals surface area contributed by atoms with Crippen LogP contribution in [0.3, 0.4) is 0 Å². The fourth-order valence-electron chi connectivity index (χ4n) is 1.77. The molecule has 0 saturated carbocycles. The SMILES string of the molecule is Cn1cncc1-c1noc(-c2ccc(C(=O)O)cc2)n1. The average molecular weight is 270 g/mol. The first kappa shape index (κ1) is 12.1. The van der Waals surface area contributed by atoms with Gasteiger partial charge in [-0.25, -0.2) is 9.78 Å². The Morgan fingerprint density at radius 3 is 2.65 bits per heavy atom. The van der Waals surface area contributed by atoms with Gasteiger partial charge in [-0.3, -0.25) is 0 Å². The maximum Gasteiger partial charge on any atom is 0.335 e. The van der Waals surface area contributed by atoms with Crippen LogP contribution in [0.5, 0.6) is 0 Å². The summed E-state index contributed by atoms with van der Waals surface area (Å²) in [7, 11) is 1.83. The molecule has 0 atom stereocenters. The molecule has 20 heavy (non-hydrogen) atoms. The number of imidazole rings is 1. The van der Waals surface area contributed by atoms with Crippen molar-refractivity contribution in [3.63, 3.8) is 0 Å². The Kier molecular flexibility index (Phi) is 2.79. The Bertz CT molecular complexity index is 758. The average Bonchev–Trinajstić information content (AvgIpc) is 3.07. The molecular weight excluding hydrogens is 260 g/mol. The van der Waals surface area contributed by atoms with E-state index < -0.39 is 5.97 Å². The number of benzene rings is 1. The van der Waals surface area contributed by atoms with Crippen LogP contribution in [0.2, 0.25) is 0 Å². The summed E-state index contributed by atoms with van der Waals surface area (Å²) in [5.41, 5.74) is 1.61. The minimum absolute atomic E-state index is 0.208. The van der Waals surface area contributed by atoms with Gasteiger partial charge in [0, 0.05) is 12.6 Å². The quantitative estimate of drug-likeness (QED) is 0.780. The van der Waals surface area contributed by atoms with Gasteiger partial charge in [0.25, 0.3) is 5.89 Å². The number of carboxylic acid groups (broad SMARTS) is 1. The summed E-state index contributed by atoms with van der Waals surface area (Å²) >= 11 is 0. The highest BCUT2D eigenvalue weighted by molar-refractivity contribution is 5.88. The molecule has 100 valence electrons. The van der Waals surface area contributed by atoms with Gasteiger partial charge in [-0.15, -0.1) is 0 Å². The molecule has 3 rings (SSSR count). The predicted octanol–water partition coefficient (Wildman–Crippen LogP) is 1.84. The third-order valence-corrected chi connectivity index (χ3v) is 2.85. The topological polar surface area (TPSA) is 94.0 Å². The van der Waals surface area contributed by atoms with Crippen LogP contribution in [0, 0.1) is 0 Å². The lowest BCUT2D eigenvalue weighted by molar-refractivity contribution is 0.0697. The molecule has 0 saturated heterocycles. The fourth-order valence-corrected chi connectivity index (χ4v) is 1.77. The smallest absolute Gasteiger partial charge is 0.335 e. The number of aryl methyl sites for hydroxylation is 1. The molecule has 7 heteroatoms. The van der Waals surface area contributed by atoms with E-state index in [9.17, 15) is 4.79 Å². The van der Waals surface area contributed by atoms with Crippen LogP contribution in [0.15, 0.2) is 41.3 Å². The summed E-state index contributed by atoms with van der Waals surface area (Å²) in [6.07, 6.45) is 3.29. The van der Waals surface area contributed by atoms with Gasteiger partial charge in [-0.1, -0.05) is 5.16 Å². The van der Waals surface area contributed by atoms with Crippen LogP contribution in [0.1, 0.15) is 10.4 Å². The number of aromatic nitrogens is 4. The summed E-state index contributed by atoms with van der Waals surface area (Å²) in [5, 5.41) is 12.7. The monoisotopic (exact) mass is 270 g/mol. The lowest BCUT2D eigenvalue weighted by atomic mass is 10.1. The van der Waals surface area contributed by atoms with E-state index >= 15 is 0 Å². The van der Waals surface area contributed by atoms with Crippen molar-refractivity contribution >= 4 is 5.97 Å². The molecule has 7 nitrogen and oxygen atoms in total. The molecule has 1 aromatic carbocycles. The summed E-state index contributed by atoms with van der Waals surface area (Å²) in [6, 6.07) is 6.24. The van der Waals surface area contributed by atoms with Gasteiger partial charge in [0.15, 0.2) is 0 Å². The molecule has 0 aliphatic heterocycles. The number of carbonyl (C=O) groups is 1. The van der Waals surface area contributed by atoms with Gasteiger partial charge in [-0.05, 0) is 24.3 Å². The third-order valence-electron chi connectivity index (χ3n) is 2.85. The van der Waals surface area contributed by atoms with Gasteiger partial charge in [-0.2, -0.15) is 4.98 Å².